The van der Waals surface area contributed by atoms with Gasteiger partial charge in [0.15, 0.2) is 0 Å². The van der Waals surface area contributed by atoms with Gasteiger partial charge in [-0.05, 0) is 39.3 Å². The van der Waals surface area contributed by atoms with Gasteiger partial charge in [-0.25, -0.2) is 0 Å². The minimum atomic E-state index is 0. The molecule has 82 valence electrons. The van der Waals surface area contributed by atoms with Crippen molar-refractivity contribution in [3.05, 3.63) is 0 Å². The van der Waals surface area contributed by atoms with Crippen molar-refractivity contribution in [2.75, 3.05) is 26.2 Å². The number of rotatable bonds is 1. The van der Waals surface area contributed by atoms with Gasteiger partial charge < -0.3 is 10.2 Å². The standard InChI is InChI=1S/C10H18N2O.ClH/c1-2-12-8-5-10(9(12)13)3-6-11-7-4-10;/h11H,2-8H2,1H3;1H. The van der Waals surface area contributed by atoms with Crippen LogP contribution in [-0.4, -0.2) is 37.0 Å². The van der Waals surface area contributed by atoms with Crippen molar-refractivity contribution in [3.8, 4) is 0 Å². The zero-order valence-corrected chi connectivity index (χ0v) is 9.53. The fraction of sp³-hybridized carbons (Fsp3) is 0.900. The van der Waals surface area contributed by atoms with Gasteiger partial charge in [0.05, 0.1) is 5.41 Å². The number of hydrogen-bond acceptors (Lipinski definition) is 2. The number of amides is 1. The molecule has 0 aromatic rings. The van der Waals surface area contributed by atoms with Gasteiger partial charge in [0, 0.05) is 13.1 Å². The molecular weight excluding hydrogens is 200 g/mol. The van der Waals surface area contributed by atoms with E-state index in [-0.39, 0.29) is 17.8 Å². The molecule has 0 unspecified atom stereocenters. The minimum Gasteiger partial charge on any atom is -0.342 e. The predicted octanol–water partition coefficient (Wildman–Crippen LogP) is 1.03. The number of halogens is 1. The van der Waals surface area contributed by atoms with Crippen LogP contribution in [0.1, 0.15) is 26.2 Å². The molecule has 0 aliphatic carbocycles. The first-order chi connectivity index (χ1) is 6.28. The molecule has 2 rings (SSSR count). The highest BCUT2D eigenvalue weighted by Gasteiger charge is 2.46. The summed E-state index contributed by atoms with van der Waals surface area (Å²) in [5.74, 6) is 0.413. The van der Waals surface area contributed by atoms with Gasteiger partial charge in [0.1, 0.15) is 0 Å². The van der Waals surface area contributed by atoms with Gasteiger partial charge >= 0.3 is 0 Å². The monoisotopic (exact) mass is 218 g/mol. The van der Waals surface area contributed by atoms with Crippen LogP contribution in [0.5, 0.6) is 0 Å². The average Bonchev–Trinajstić information content (AvgIpc) is 2.47. The molecule has 0 aromatic carbocycles. The highest BCUT2D eigenvalue weighted by molar-refractivity contribution is 5.85. The quantitative estimate of drug-likeness (QED) is 0.713. The summed E-state index contributed by atoms with van der Waals surface area (Å²) in [4.78, 5) is 14.0. The van der Waals surface area contributed by atoms with Crippen LogP contribution in [0.15, 0.2) is 0 Å². The number of piperidine rings is 1. The normalized spacial score (nSPS) is 25.2. The topological polar surface area (TPSA) is 32.3 Å². The molecule has 0 aromatic heterocycles. The van der Waals surface area contributed by atoms with Crippen molar-refractivity contribution in [2.45, 2.75) is 26.2 Å². The largest absolute Gasteiger partial charge is 0.342 e. The smallest absolute Gasteiger partial charge is 0.228 e. The molecule has 0 saturated carbocycles. The molecule has 14 heavy (non-hydrogen) atoms. The first kappa shape index (κ1) is 11.8. The second-order valence-electron chi connectivity index (χ2n) is 4.17. The zero-order valence-electron chi connectivity index (χ0n) is 8.71. The molecule has 2 heterocycles. The highest BCUT2D eigenvalue weighted by atomic mass is 35.5. The van der Waals surface area contributed by atoms with E-state index in [0.717, 1.165) is 45.4 Å². The second kappa shape index (κ2) is 4.49. The Kier molecular flexibility index (Phi) is 3.78. The Balaban J connectivity index is 0.000000980. The summed E-state index contributed by atoms with van der Waals surface area (Å²) in [5, 5.41) is 3.32. The molecule has 2 saturated heterocycles. The summed E-state index contributed by atoms with van der Waals surface area (Å²) in [5.41, 5.74) is 0.0290. The Morgan fingerprint density at radius 1 is 1.36 bits per heavy atom. The lowest BCUT2D eigenvalue weighted by molar-refractivity contribution is -0.137. The second-order valence-corrected chi connectivity index (χ2v) is 4.17. The third kappa shape index (κ3) is 1.75. The van der Waals surface area contributed by atoms with E-state index in [2.05, 4.69) is 12.2 Å². The molecule has 0 bridgehead atoms. The number of hydrogen-bond donors (Lipinski definition) is 1. The summed E-state index contributed by atoms with van der Waals surface area (Å²) in [6.07, 6.45) is 3.17. The lowest BCUT2D eigenvalue weighted by atomic mass is 9.78. The van der Waals surface area contributed by atoms with Gasteiger partial charge in [-0.15, -0.1) is 12.4 Å². The summed E-state index contributed by atoms with van der Waals surface area (Å²) in [6.45, 7) is 5.97. The first-order valence-electron chi connectivity index (χ1n) is 5.29. The highest BCUT2D eigenvalue weighted by Crippen LogP contribution is 2.39. The summed E-state index contributed by atoms with van der Waals surface area (Å²) >= 11 is 0. The molecule has 4 heteroatoms. The number of nitrogens with zero attached hydrogens (tertiary/aromatic N) is 1. The van der Waals surface area contributed by atoms with Crippen LogP contribution in [0.4, 0.5) is 0 Å². The van der Waals surface area contributed by atoms with Gasteiger partial charge in [-0.2, -0.15) is 0 Å². The molecule has 2 aliphatic heterocycles. The molecule has 1 spiro atoms. The number of carbonyl (C=O) groups excluding carboxylic acids is 1. The maximum atomic E-state index is 12.0. The summed E-state index contributed by atoms with van der Waals surface area (Å²) in [6, 6.07) is 0. The Labute approximate surface area is 91.6 Å². The third-order valence-corrected chi connectivity index (χ3v) is 3.54. The van der Waals surface area contributed by atoms with E-state index in [4.69, 9.17) is 0 Å². The SMILES string of the molecule is CCN1CCC2(CCNCC2)C1=O.Cl. The van der Waals surface area contributed by atoms with Crippen molar-refractivity contribution in [3.63, 3.8) is 0 Å². The molecule has 1 amide bonds. The van der Waals surface area contributed by atoms with Crippen LogP contribution in [0.2, 0.25) is 0 Å². The predicted molar refractivity (Wildman–Crippen MR) is 58.7 cm³/mol. The number of likely N-dealkylation sites (tertiary alicyclic amines) is 1. The number of carbonyl (C=O) groups is 1. The van der Waals surface area contributed by atoms with Gasteiger partial charge in [-0.1, -0.05) is 0 Å². The van der Waals surface area contributed by atoms with E-state index in [9.17, 15) is 4.79 Å². The summed E-state index contributed by atoms with van der Waals surface area (Å²) < 4.78 is 0. The Morgan fingerprint density at radius 3 is 2.50 bits per heavy atom. The van der Waals surface area contributed by atoms with E-state index >= 15 is 0 Å². The van der Waals surface area contributed by atoms with Crippen LogP contribution >= 0.6 is 12.4 Å². The van der Waals surface area contributed by atoms with Crippen molar-refractivity contribution in [2.24, 2.45) is 5.41 Å². The fourth-order valence-corrected chi connectivity index (χ4v) is 2.56. The maximum Gasteiger partial charge on any atom is 0.228 e. The molecule has 0 radical (unpaired) electrons. The molecule has 2 aliphatic rings. The van der Waals surface area contributed by atoms with E-state index in [1.807, 2.05) is 4.90 Å². The molecule has 0 atom stereocenters. The van der Waals surface area contributed by atoms with Crippen LogP contribution in [0, 0.1) is 5.41 Å². The van der Waals surface area contributed by atoms with Gasteiger partial charge in [-0.3, -0.25) is 4.79 Å². The zero-order chi connectivity index (χ0) is 9.31. The van der Waals surface area contributed by atoms with Crippen LogP contribution < -0.4 is 5.32 Å². The van der Waals surface area contributed by atoms with Crippen molar-refractivity contribution >= 4 is 18.3 Å². The van der Waals surface area contributed by atoms with Crippen molar-refractivity contribution in [1.29, 1.82) is 0 Å². The maximum absolute atomic E-state index is 12.0. The Morgan fingerprint density at radius 2 is 2.00 bits per heavy atom. The Hall–Kier alpha value is -0.280. The van der Waals surface area contributed by atoms with E-state index in [0.29, 0.717) is 5.91 Å². The minimum absolute atomic E-state index is 0. The van der Waals surface area contributed by atoms with Crippen LogP contribution in [0.25, 0.3) is 0 Å². The van der Waals surface area contributed by atoms with Gasteiger partial charge in [0.2, 0.25) is 5.91 Å². The lowest BCUT2D eigenvalue weighted by Gasteiger charge is -2.31. The van der Waals surface area contributed by atoms with E-state index < -0.39 is 0 Å². The third-order valence-electron chi connectivity index (χ3n) is 3.54. The Bertz CT molecular complexity index is 214. The van der Waals surface area contributed by atoms with Crippen LogP contribution in [0.3, 0.4) is 0 Å². The van der Waals surface area contributed by atoms with Crippen molar-refractivity contribution < 1.29 is 4.79 Å². The van der Waals surface area contributed by atoms with Crippen LogP contribution in [-0.2, 0) is 4.79 Å². The molecular formula is C10H19ClN2O. The van der Waals surface area contributed by atoms with Crippen molar-refractivity contribution in [1.82, 2.24) is 10.2 Å². The van der Waals surface area contributed by atoms with E-state index in [1.165, 1.54) is 0 Å². The average molecular weight is 219 g/mol. The summed E-state index contributed by atoms with van der Waals surface area (Å²) in [7, 11) is 0. The molecule has 2 fully saturated rings. The number of nitrogens with one attached hydrogen (secondary N) is 1. The van der Waals surface area contributed by atoms with E-state index in [1.54, 1.807) is 0 Å². The molecule has 3 nitrogen and oxygen atoms in total. The fourth-order valence-electron chi connectivity index (χ4n) is 2.56. The lowest BCUT2D eigenvalue weighted by Crippen LogP contribution is -2.42. The first-order valence-corrected chi connectivity index (χ1v) is 5.29. The van der Waals surface area contributed by atoms with Gasteiger partial charge in [0.25, 0.3) is 0 Å². The molecule has 1 N–H and O–H groups in total.